The Morgan fingerprint density at radius 1 is 1.06 bits per heavy atom. The predicted molar refractivity (Wildman–Crippen MR) is 117 cm³/mol. The molecule has 9 heteroatoms. The molecule has 0 saturated carbocycles. The molecule has 2 N–H and O–H groups in total. The number of benzene rings is 3. The average molecular weight is 430 g/mol. The van der Waals surface area contributed by atoms with Crippen molar-refractivity contribution in [3.63, 3.8) is 0 Å². The fourth-order valence-corrected chi connectivity index (χ4v) is 3.10. The molecule has 0 aliphatic heterocycles. The summed E-state index contributed by atoms with van der Waals surface area (Å²) in [6, 6.07) is 16.5. The quantitative estimate of drug-likeness (QED) is 0.327. The molecule has 0 atom stereocenters. The van der Waals surface area contributed by atoms with Gasteiger partial charge in [-0.25, -0.2) is 4.79 Å². The molecule has 4 rings (SSSR count). The second kappa shape index (κ2) is 8.68. The van der Waals surface area contributed by atoms with Crippen LogP contribution >= 0.6 is 0 Å². The largest absolute Gasteiger partial charge is 0.505 e. The van der Waals surface area contributed by atoms with E-state index >= 15 is 0 Å². The SMILES string of the molecule is COC(=O)c1ccc(NC(=O)c2cc3ccccc3c(N=Nc3cc(C)on3)c2O)cc1. The highest BCUT2D eigenvalue weighted by atomic mass is 16.5. The smallest absolute Gasteiger partial charge is 0.337 e. The summed E-state index contributed by atoms with van der Waals surface area (Å²) in [5.74, 6) is -0.539. The van der Waals surface area contributed by atoms with Gasteiger partial charge < -0.3 is 19.7 Å². The van der Waals surface area contributed by atoms with Crippen molar-refractivity contribution >= 4 is 39.8 Å². The fraction of sp³-hybridized carbons (Fsp3) is 0.0870. The Morgan fingerprint density at radius 2 is 1.81 bits per heavy atom. The van der Waals surface area contributed by atoms with Crippen LogP contribution in [-0.2, 0) is 4.74 Å². The normalized spacial score (nSPS) is 11.1. The minimum atomic E-state index is -0.548. The van der Waals surface area contributed by atoms with Crippen molar-refractivity contribution in [3.8, 4) is 5.75 Å². The fourth-order valence-electron chi connectivity index (χ4n) is 3.10. The highest BCUT2D eigenvalue weighted by Gasteiger charge is 2.19. The third-order valence-electron chi connectivity index (χ3n) is 4.67. The number of aromatic hydroxyl groups is 1. The van der Waals surface area contributed by atoms with Crippen molar-refractivity contribution in [2.24, 2.45) is 10.2 Å². The molecule has 0 saturated heterocycles. The molecule has 0 fully saturated rings. The van der Waals surface area contributed by atoms with Crippen LogP contribution in [-0.4, -0.2) is 29.2 Å². The number of methoxy groups -OCH3 is 1. The molecule has 0 unspecified atom stereocenters. The summed E-state index contributed by atoms with van der Waals surface area (Å²) in [4.78, 5) is 24.5. The van der Waals surface area contributed by atoms with Gasteiger partial charge in [-0.05, 0) is 42.6 Å². The van der Waals surface area contributed by atoms with Crippen molar-refractivity contribution in [2.45, 2.75) is 6.92 Å². The first-order valence-corrected chi connectivity index (χ1v) is 9.56. The Morgan fingerprint density at radius 3 is 2.50 bits per heavy atom. The maximum absolute atomic E-state index is 12.9. The minimum Gasteiger partial charge on any atom is -0.505 e. The van der Waals surface area contributed by atoms with Gasteiger partial charge in [-0.15, -0.1) is 10.2 Å². The summed E-state index contributed by atoms with van der Waals surface area (Å²) in [5.41, 5.74) is 0.947. The van der Waals surface area contributed by atoms with E-state index in [9.17, 15) is 14.7 Å². The van der Waals surface area contributed by atoms with Crippen LogP contribution in [0.1, 0.15) is 26.5 Å². The van der Waals surface area contributed by atoms with Gasteiger partial charge in [-0.1, -0.05) is 29.4 Å². The Kier molecular flexibility index (Phi) is 5.63. The highest BCUT2D eigenvalue weighted by Crippen LogP contribution is 2.39. The molecule has 0 radical (unpaired) electrons. The molecule has 0 aliphatic carbocycles. The van der Waals surface area contributed by atoms with Gasteiger partial charge in [0.05, 0.1) is 18.2 Å². The van der Waals surface area contributed by atoms with E-state index in [1.807, 2.05) is 6.07 Å². The maximum Gasteiger partial charge on any atom is 0.337 e. The zero-order valence-corrected chi connectivity index (χ0v) is 17.2. The summed E-state index contributed by atoms with van der Waals surface area (Å²) in [6.45, 7) is 1.72. The number of anilines is 1. The lowest BCUT2D eigenvalue weighted by Crippen LogP contribution is -2.12. The van der Waals surface area contributed by atoms with E-state index in [4.69, 9.17) is 4.52 Å². The van der Waals surface area contributed by atoms with Gasteiger partial charge in [0.1, 0.15) is 11.4 Å². The first kappa shape index (κ1) is 20.7. The van der Waals surface area contributed by atoms with Crippen LogP contribution in [0.4, 0.5) is 17.2 Å². The first-order chi connectivity index (χ1) is 15.5. The van der Waals surface area contributed by atoms with Crippen LogP contribution in [0.25, 0.3) is 10.8 Å². The molecule has 0 spiro atoms. The van der Waals surface area contributed by atoms with Crippen molar-refractivity contribution in [2.75, 3.05) is 12.4 Å². The number of nitrogens with one attached hydrogen (secondary N) is 1. The number of phenols is 1. The molecule has 4 aromatic rings. The second-order valence-electron chi connectivity index (χ2n) is 6.86. The van der Waals surface area contributed by atoms with E-state index in [0.717, 1.165) is 0 Å². The molecule has 1 aromatic heterocycles. The number of hydrogen-bond donors (Lipinski definition) is 2. The van der Waals surface area contributed by atoms with Crippen molar-refractivity contribution in [3.05, 3.63) is 77.6 Å². The molecule has 1 amide bonds. The van der Waals surface area contributed by atoms with Gasteiger partial charge in [0.25, 0.3) is 5.91 Å². The lowest BCUT2D eigenvalue weighted by Gasteiger charge is -2.11. The van der Waals surface area contributed by atoms with Crippen LogP contribution in [0.5, 0.6) is 5.75 Å². The molecular weight excluding hydrogens is 412 g/mol. The Labute approximate surface area is 182 Å². The molecule has 1 heterocycles. The van der Waals surface area contributed by atoms with E-state index in [1.54, 1.807) is 49.4 Å². The van der Waals surface area contributed by atoms with Crippen LogP contribution < -0.4 is 5.32 Å². The van der Waals surface area contributed by atoms with Crippen LogP contribution in [0.2, 0.25) is 0 Å². The van der Waals surface area contributed by atoms with Gasteiger partial charge in [0.2, 0.25) is 5.82 Å². The van der Waals surface area contributed by atoms with E-state index in [0.29, 0.717) is 27.8 Å². The number of nitrogens with zero attached hydrogens (tertiary/aromatic N) is 3. The summed E-state index contributed by atoms with van der Waals surface area (Å²) in [5, 5.41) is 26.8. The van der Waals surface area contributed by atoms with Gasteiger partial charge in [0.15, 0.2) is 5.75 Å². The zero-order valence-electron chi connectivity index (χ0n) is 17.2. The van der Waals surface area contributed by atoms with E-state index in [2.05, 4.69) is 25.4 Å². The number of carbonyl (C=O) groups is 2. The lowest BCUT2D eigenvalue weighted by atomic mass is 10.0. The van der Waals surface area contributed by atoms with Gasteiger partial charge in [0, 0.05) is 17.1 Å². The molecule has 160 valence electrons. The monoisotopic (exact) mass is 430 g/mol. The molecule has 32 heavy (non-hydrogen) atoms. The number of esters is 1. The minimum absolute atomic E-state index is 0.0195. The Balaban J connectivity index is 1.69. The van der Waals surface area contributed by atoms with Crippen molar-refractivity contribution in [1.29, 1.82) is 0 Å². The number of carbonyl (C=O) groups excluding carboxylic acids is 2. The molecule has 9 nitrogen and oxygen atoms in total. The number of amides is 1. The van der Waals surface area contributed by atoms with E-state index in [-0.39, 0.29) is 22.8 Å². The number of hydrogen-bond acceptors (Lipinski definition) is 8. The second-order valence-corrected chi connectivity index (χ2v) is 6.86. The summed E-state index contributed by atoms with van der Waals surface area (Å²) in [7, 11) is 1.29. The number of azo groups is 1. The van der Waals surface area contributed by atoms with Gasteiger partial charge in [-0.2, -0.15) is 0 Å². The van der Waals surface area contributed by atoms with E-state index < -0.39 is 11.9 Å². The third-order valence-corrected chi connectivity index (χ3v) is 4.67. The third kappa shape index (κ3) is 4.17. The average Bonchev–Trinajstić information content (AvgIpc) is 3.23. The van der Waals surface area contributed by atoms with E-state index in [1.165, 1.54) is 19.2 Å². The number of aryl methyl sites for hydroxylation is 1. The number of fused-ring (bicyclic) bond motifs is 1. The standard InChI is InChI=1S/C23H18N4O5/c1-13-11-19(27-32-13)25-26-20-17-6-4-3-5-15(17)12-18(21(20)28)22(29)24-16-9-7-14(8-10-16)23(30)31-2/h3-12,28H,1-2H3,(H,24,29). The van der Waals surface area contributed by atoms with Crippen molar-refractivity contribution in [1.82, 2.24) is 5.16 Å². The first-order valence-electron chi connectivity index (χ1n) is 9.56. The van der Waals surface area contributed by atoms with Crippen LogP contribution in [0.15, 0.2) is 75.4 Å². The number of rotatable bonds is 5. The zero-order chi connectivity index (χ0) is 22.7. The van der Waals surface area contributed by atoms with Crippen molar-refractivity contribution < 1.29 is 24.0 Å². The number of aromatic nitrogens is 1. The number of ether oxygens (including phenoxy) is 1. The molecule has 0 aliphatic rings. The summed E-state index contributed by atoms with van der Waals surface area (Å²) in [6.07, 6.45) is 0. The Bertz CT molecular complexity index is 1340. The van der Waals surface area contributed by atoms with Gasteiger partial charge in [-0.3, -0.25) is 4.79 Å². The molecular formula is C23H18N4O5. The lowest BCUT2D eigenvalue weighted by molar-refractivity contribution is 0.0600. The number of phenolic OH excluding ortho intramolecular Hbond substituents is 1. The van der Waals surface area contributed by atoms with Crippen LogP contribution in [0.3, 0.4) is 0 Å². The Hall–Kier alpha value is -4.53. The molecule has 0 bridgehead atoms. The van der Waals surface area contributed by atoms with Gasteiger partial charge >= 0.3 is 5.97 Å². The summed E-state index contributed by atoms with van der Waals surface area (Å²) < 4.78 is 9.63. The highest BCUT2D eigenvalue weighted by molar-refractivity contribution is 6.11. The maximum atomic E-state index is 12.9. The molecule has 3 aromatic carbocycles. The van der Waals surface area contributed by atoms with Crippen LogP contribution in [0, 0.1) is 6.92 Å². The predicted octanol–water partition coefficient (Wildman–Crippen LogP) is 5.30. The topological polar surface area (TPSA) is 126 Å². The summed E-state index contributed by atoms with van der Waals surface area (Å²) >= 11 is 0.